The fourth-order valence-corrected chi connectivity index (χ4v) is 4.15. The van der Waals surface area contributed by atoms with Crippen LogP contribution in [0.1, 0.15) is 43.6 Å². The molecule has 1 saturated carbocycles. The minimum Gasteiger partial charge on any atom is -0.395 e. The van der Waals surface area contributed by atoms with Crippen LogP contribution in [-0.2, 0) is 10.0 Å². The van der Waals surface area contributed by atoms with Crippen LogP contribution >= 0.6 is 0 Å². The lowest BCUT2D eigenvalue weighted by molar-refractivity contribution is 0.194. The lowest BCUT2D eigenvalue weighted by Crippen LogP contribution is -2.39. The highest BCUT2D eigenvalue weighted by Gasteiger charge is 2.43. The van der Waals surface area contributed by atoms with Crippen LogP contribution in [0.4, 0.5) is 0 Å². The zero-order valence-electron chi connectivity index (χ0n) is 10.7. The van der Waals surface area contributed by atoms with E-state index < -0.39 is 10.0 Å². The van der Waals surface area contributed by atoms with E-state index in [-0.39, 0.29) is 18.7 Å². The Morgan fingerprint density at radius 1 is 1.32 bits per heavy atom. The Bertz CT molecular complexity index is 567. The molecular weight excluding hydrogens is 270 g/mol. The highest BCUT2D eigenvalue weighted by atomic mass is 32.2. The van der Waals surface area contributed by atoms with Crippen LogP contribution in [0, 0.1) is 0 Å². The van der Waals surface area contributed by atoms with Crippen molar-refractivity contribution in [2.45, 2.75) is 43.8 Å². The van der Waals surface area contributed by atoms with Crippen molar-refractivity contribution in [3.63, 3.8) is 0 Å². The van der Waals surface area contributed by atoms with E-state index in [0.717, 1.165) is 12.8 Å². The second-order valence-corrected chi connectivity index (χ2v) is 7.12. The Morgan fingerprint density at radius 3 is 2.63 bits per heavy atom. The molecule has 1 N–H and O–H groups in total. The summed E-state index contributed by atoms with van der Waals surface area (Å²) < 4.78 is 27.0. The van der Waals surface area contributed by atoms with Gasteiger partial charge in [-0.05, 0) is 36.1 Å². The summed E-state index contributed by atoms with van der Waals surface area (Å²) in [5.41, 5.74) is 0. The lowest BCUT2D eigenvalue weighted by Gasteiger charge is -2.26. The molecule has 8 nitrogen and oxygen atoms in total. The molecule has 0 spiro atoms. The molecule has 19 heavy (non-hydrogen) atoms. The normalized spacial score (nSPS) is 28.9. The Labute approximate surface area is 111 Å². The van der Waals surface area contributed by atoms with Crippen LogP contribution in [0.15, 0.2) is 0 Å². The van der Waals surface area contributed by atoms with Gasteiger partial charge in [-0.15, -0.1) is 5.10 Å². The Balaban J connectivity index is 1.96. The van der Waals surface area contributed by atoms with Crippen molar-refractivity contribution >= 4 is 10.0 Å². The number of aromatic nitrogens is 4. The number of sulfonamides is 1. The molecule has 1 saturated heterocycles. The van der Waals surface area contributed by atoms with E-state index in [2.05, 4.69) is 15.5 Å². The fraction of sp³-hybridized carbons (Fsp3) is 0.900. The van der Waals surface area contributed by atoms with E-state index in [1.54, 1.807) is 4.68 Å². The molecule has 0 aromatic carbocycles. The number of rotatable bonds is 4. The van der Waals surface area contributed by atoms with Crippen molar-refractivity contribution in [2.24, 2.45) is 0 Å². The van der Waals surface area contributed by atoms with Crippen molar-refractivity contribution in [1.82, 2.24) is 24.5 Å². The van der Waals surface area contributed by atoms with E-state index >= 15 is 0 Å². The highest BCUT2D eigenvalue weighted by Crippen LogP contribution is 2.41. The molecule has 2 atom stereocenters. The van der Waals surface area contributed by atoms with Gasteiger partial charge in [-0.2, -0.15) is 4.31 Å². The van der Waals surface area contributed by atoms with Crippen molar-refractivity contribution in [1.29, 1.82) is 0 Å². The fourth-order valence-electron chi connectivity index (χ4n) is 2.77. The molecule has 9 heteroatoms. The predicted molar refractivity (Wildman–Crippen MR) is 65.6 cm³/mol. The summed E-state index contributed by atoms with van der Waals surface area (Å²) in [5, 5.41) is 21.0. The largest absolute Gasteiger partial charge is 0.395 e. The van der Waals surface area contributed by atoms with Gasteiger partial charge in [0.05, 0.1) is 24.9 Å². The lowest BCUT2D eigenvalue weighted by atomic mass is 10.2. The summed E-state index contributed by atoms with van der Waals surface area (Å²) >= 11 is 0. The molecule has 0 radical (unpaired) electrons. The minimum absolute atomic E-state index is 0.172. The van der Waals surface area contributed by atoms with Gasteiger partial charge in [0, 0.05) is 6.04 Å². The number of aliphatic hydroxyl groups excluding tert-OH is 1. The van der Waals surface area contributed by atoms with Gasteiger partial charge >= 0.3 is 0 Å². The zero-order chi connectivity index (χ0) is 13.6. The maximum Gasteiger partial charge on any atom is 0.212 e. The average Bonchev–Trinajstić information content (AvgIpc) is 2.92. The van der Waals surface area contributed by atoms with Gasteiger partial charge in [0.2, 0.25) is 10.0 Å². The van der Waals surface area contributed by atoms with Gasteiger partial charge in [0.15, 0.2) is 5.82 Å². The SMILES string of the molecule is CS(=O)(=O)N1[C@H](CO)CC[C@@H]1c1nnnn1C1CC1. The standard InChI is InChI=1S/C10H17N5O3S/c1-19(17,18)15-8(6-16)4-5-9(15)10-11-12-13-14(10)7-2-3-7/h7-9,16H,2-6H2,1H3/t8-,9+/m0/s1. The maximum absolute atomic E-state index is 11.9. The van der Waals surface area contributed by atoms with Crippen LogP contribution < -0.4 is 0 Å². The molecule has 1 aromatic heterocycles. The summed E-state index contributed by atoms with van der Waals surface area (Å²) in [5.74, 6) is 0.601. The topological polar surface area (TPSA) is 101 Å². The summed E-state index contributed by atoms with van der Waals surface area (Å²) in [6.45, 7) is -0.172. The average molecular weight is 287 g/mol. The van der Waals surface area contributed by atoms with Gasteiger partial charge in [-0.1, -0.05) is 0 Å². The van der Waals surface area contributed by atoms with Crippen molar-refractivity contribution in [3.05, 3.63) is 5.82 Å². The first-order valence-corrected chi connectivity index (χ1v) is 8.24. The summed E-state index contributed by atoms with van der Waals surface area (Å²) in [7, 11) is -3.40. The first-order chi connectivity index (χ1) is 9.02. The molecule has 2 aliphatic rings. The second-order valence-electron chi connectivity index (χ2n) is 5.24. The van der Waals surface area contributed by atoms with Crippen molar-refractivity contribution in [3.8, 4) is 0 Å². The van der Waals surface area contributed by atoms with Gasteiger partial charge in [-0.3, -0.25) is 0 Å². The molecule has 106 valence electrons. The van der Waals surface area contributed by atoms with E-state index in [1.807, 2.05) is 0 Å². The van der Waals surface area contributed by atoms with E-state index in [9.17, 15) is 13.5 Å². The smallest absolute Gasteiger partial charge is 0.212 e. The number of hydrogen-bond donors (Lipinski definition) is 1. The minimum atomic E-state index is -3.40. The number of nitrogens with zero attached hydrogens (tertiary/aromatic N) is 5. The number of tetrazole rings is 1. The van der Waals surface area contributed by atoms with Crippen LogP contribution in [0.3, 0.4) is 0 Å². The predicted octanol–water partition coefficient (Wildman–Crippen LogP) is -0.535. The molecule has 3 rings (SSSR count). The first-order valence-electron chi connectivity index (χ1n) is 6.39. The van der Waals surface area contributed by atoms with Crippen LogP contribution in [0.2, 0.25) is 0 Å². The molecule has 2 heterocycles. The van der Waals surface area contributed by atoms with Gasteiger partial charge in [-0.25, -0.2) is 13.1 Å². The second kappa shape index (κ2) is 4.50. The zero-order valence-corrected chi connectivity index (χ0v) is 11.5. The summed E-state index contributed by atoms with van der Waals surface area (Å²) in [4.78, 5) is 0. The number of hydrogen-bond acceptors (Lipinski definition) is 6. The Hall–Kier alpha value is -1.06. The first kappa shape index (κ1) is 12.9. The van der Waals surface area contributed by atoms with Crippen molar-refractivity contribution in [2.75, 3.05) is 12.9 Å². The molecule has 1 aliphatic heterocycles. The third kappa shape index (κ3) is 2.26. The van der Waals surface area contributed by atoms with E-state index in [0.29, 0.717) is 24.7 Å². The number of aliphatic hydroxyl groups is 1. The molecule has 1 aliphatic carbocycles. The maximum atomic E-state index is 11.9. The monoisotopic (exact) mass is 287 g/mol. The molecule has 0 bridgehead atoms. The van der Waals surface area contributed by atoms with Crippen LogP contribution in [0.5, 0.6) is 0 Å². The quantitative estimate of drug-likeness (QED) is 0.798. The Morgan fingerprint density at radius 2 is 2.05 bits per heavy atom. The van der Waals surface area contributed by atoms with Gasteiger partial charge in [0.25, 0.3) is 0 Å². The molecular formula is C10H17N5O3S. The van der Waals surface area contributed by atoms with Crippen molar-refractivity contribution < 1.29 is 13.5 Å². The highest BCUT2D eigenvalue weighted by molar-refractivity contribution is 7.88. The van der Waals surface area contributed by atoms with Gasteiger partial charge in [0.1, 0.15) is 0 Å². The molecule has 1 aromatic rings. The van der Waals surface area contributed by atoms with Crippen LogP contribution in [-0.4, -0.2) is 56.9 Å². The summed E-state index contributed by atoms with van der Waals surface area (Å²) in [6.07, 6.45) is 4.51. The molecule has 0 amide bonds. The molecule has 0 unspecified atom stereocenters. The van der Waals surface area contributed by atoms with E-state index in [1.165, 1.54) is 10.6 Å². The third-order valence-electron chi connectivity index (χ3n) is 3.74. The van der Waals surface area contributed by atoms with Gasteiger partial charge < -0.3 is 5.11 Å². The summed E-state index contributed by atoms with van der Waals surface area (Å²) in [6, 6.07) is -0.424. The molecule has 2 fully saturated rings. The van der Waals surface area contributed by atoms with Crippen LogP contribution in [0.25, 0.3) is 0 Å². The van der Waals surface area contributed by atoms with E-state index in [4.69, 9.17) is 0 Å². The third-order valence-corrected chi connectivity index (χ3v) is 5.06. The Kier molecular flexibility index (Phi) is 3.06.